The van der Waals surface area contributed by atoms with Crippen molar-refractivity contribution >= 4 is 44.1 Å². The van der Waals surface area contributed by atoms with Crippen molar-refractivity contribution in [2.45, 2.75) is 0 Å². The van der Waals surface area contributed by atoms with Crippen LogP contribution in [0.4, 0.5) is 0 Å². The summed E-state index contributed by atoms with van der Waals surface area (Å²) in [6, 6.07) is 15.9. The molecule has 0 aliphatic rings. The first kappa shape index (κ1) is 13.7. The first-order chi connectivity index (χ1) is 9.66. The van der Waals surface area contributed by atoms with Gasteiger partial charge >= 0.3 is 0 Å². The topological polar surface area (TPSA) is 33.6 Å². The zero-order valence-electron chi connectivity index (χ0n) is 10.2. The van der Waals surface area contributed by atoms with Gasteiger partial charge < -0.3 is 0 Å². The molecule has 0 saturated heterocycles. The van der Waals surface area contributed by atoms with Crippen LogP contribution >= 0.6 is 44.1 Å². The summed E-state index contributed by atoms with van der Waals surface area (Å²) in [5.74, 6) is 0.786. The van der Waals surface area contributed by atoms with E-state index in [-0.39, 0.29) is 0 Å². The minimum absolute atomic E-state index is 0.558. The molecule has 20 heavy (non-hydrogen) atoms. The van der Waals surface area contributed by atoms with E-state index < -0.39 is 0 Å². The quantitative estimate of drug-likeness (QED) is 0.594. The van der Waals surface area contributed by atoms with Crippen LogP contribution in [0.25, 0.3) is 17.1 Å². The molecule has 3 aromatic rings. The van der Waals surface area contributed by atoms with Gasteiger partial charge in [-0.25, -0.2) is 0 Å². The smallest absolute Gasteiger partial charge is 0.200 e. The maximum Gasteiger partial charge on any atom is 0.200 e. The van der Waals surface area contributed by atoms with Crippen LogP contribution in [-0.4, -0.2) is 14.8 Å². The van der Waals surface area contributed by atoms with Crippen molar-refractivity contribution in [3.8, 4) is 17.1 Å². The van der Waals surface area contributed by atoms with Gasteiger partial charge in [0, 0.05) is 14.5 Å². The molecular weight excluding hydrogens is 402 g/mol. The van der Waals surface area contributed by atoms with Crippen molar-refractivity contribution in [3.05, 3.63) is 62.2 Å². The van der Waals surface area contributed by atoms with E-state index >= 15 is 0 Å². The molecule has 0 aliphatic heterocycles. The van der Waals surface area contributed by atoms with E-state index in [2.05, 4.69) is 42.1 Å². The van der Waals surface area contributed by atoms with Crippen LogP contribution < -0.4 is 0 Å². The Morgan fingerprint density at radius 1 is 1.05 bits per heavy atom. The van der Waals surface area contributed by atoms with Crippen LogP contribution in [-0.2, 0) is 0 Å². The third-order valence-electron chi connectivity index (χ3n) is 2.85. The molecule has 0 bridgehead atoms. The van der Waals surface area contributed by atoms with Gasteiger partial charge in [0.15, 0.2) is 10.6 Å². The third kappa shape index (κ3) is 2.51. The van der Waals surface area contributed by atoms with Gasteiger partial charge in [0.05, 0.1) is 5.69 Å². The first-order valence-electron chi connectivity index (χ1n) is 5.85. The maximum absolute atomic E-state index is 5.37. The van der Waals surface area contributed by atoms with Gasteiger partial charge in [0.2, 0.25) is 0 Å². The lowest BCUT2D eigenvalue weighted by Gasteiger charge is -2.09. The van der Waals surface area contributed by atoms with Crippen molar-refractivity contribution in [3.63, 3.8) is 0 Å². The fourth-order valence-corrected chi connectivity index (χ4v) is 2.96. The number of nitrogens with zero attached hydrogens (tertiary/aromatic N) is 2. The van der Waals surface area contributed by atoms with Crippen LogP contribution in [0, 0.1) is 4.77 Å². The second-order valence-electron chi connectivity index (χ2n) is 4.15. The lowest BCUT2D eigenvalue weighted by Crippen LogP contribution is -1.99. The van der Waals surface area contributed by atoms with E-state index in [0.717, 1.165) is 26.0 Å². The molecule has 0 atom stereocenters. The van der Waals surface area contributed by atoms with Gasteiger partial charge in [-0.15, -0.1) is 0 Å². The summed E-state index contributed by atoms with van der Waals surface area (Å²) in [5, 5.41) is 7.20. The number of halogens is 2. The molecule has 0 amide bonds. The van der Waals surface area contributed by atoms with E-state index in [4.69, 9.17) is 12.2 Å². The fraction of sp³-hybridized carbons (Fsp3) is 0. The highest BCUT2D eigenvalue weighted by atomic mass is 79.9. The highest BCUT2D eigenvalue weighted by Gasteiger charge is 2.13. The Morgan fingerprint density at radius 3 is 2.55 bits per heavy atom. The monoisotopic (exact) mass is 409 g/mol. The molecular formula is C14H9Br2N3S. The zero-order chi connectivity index (χ0) is 14.1. The molecule has 0 fully saturated rings. The molecule has 1 N–H and O–H groups in total. The van der Waals surface area contributed by atoms with E-state index in [1.54, 1.807) is 0 Å². The highest BCUT2D eigenvalue weighted by molar-refractivity contribution is 9.11. The Morgan fingerprint density at radius 2 is 1.80 bits per heavy atom. The number of H-pyrrole nitrogens is 1. The van der Waals surface area contributed by atoms with Gasteiger partial charge in [-0.1, -0.05) is 46.3 Å². The number of rotatable bonds is 2. The molecule has 3 rings (SSSR count). The van der Waals surface area contributed by atoms with E-state index in [1.165, 1.54) is 0 Å². The molecule has 0 aliphatic carbocycles. The summed E-state index contributed by atoms with van der Waals surface area (Å²) in [4.78, 5) is 0. The molecule has 100 valence electrons. The van der Waals surface area contributed by atoms with Crippen LogP contribution in [0.1, 0.15) is 0 Å². The number of aromatic amines is 1. The van der Waals surface area contributed by atoms with Crippen molar-refractivity contribution in [2.24, 2.45) is 0 Å². The van der Waals surface area contributed by atoms with Crippen molar-refractivity contribution < 1.29 is 0 Å². The van der Waals surface area contributed by atoms with Crippen LogP contribution in [0.2, 0.25) is 0 Å². The number of hydrogen-bond donors (Lipinski definition) is 1. The third-order valence-corrected chi connectivity index (χ3v) is 4.29. The van der Waals surface area contributed by atoms with Gasteiger partial charge in [-0.2, -0.15) is 5.10 Å². The minimum atomic E-state index is 0.558. The lowest BCUT2D eigenvalue weighted by molar-refractivity contribution is 1.03. The van der Waals surface area contributed by atoms with E-state index in [0.29, 0.717) is 4.77 Å². The van der Waals surface area contributed by atoms with Crippen LogP contribution in [0.3, 0.4) is 0 Å². The molecule has 2 aromatic carbocycles. The molecule has 0 unspecified atom stereocenters. The van der Waals surface area contributed by atoms with Gasteiger partial charge in [-0.05, 0) is 46.3 Å². The maximum atomic E-state index is 5.37. The SMILES string of the molecule is S=c1[nH]nc(-c2ccccc2)n1-c1cc(Br)ccc1Br. The number of aromatic nitrogens is 3. The Balaban J connectivity index is 2.27. The summed E-state index contributed by atoms with van der Waals surface area (Å²) in [6.07, 6.45) is 0. The summed E-state index contributed by atoms with van der Waals surface area (Å²) in [6.45, 7) is 0. The van der Waals surface area contributed by atoms with Crippen LogP contribution in [0.15, 0.2) is 57.5 Å². The van der Waals surface area contributed by atoms with Gasteiger partial charge in [-0.3, -0.25) is 9.67 Å². The fourth-order valence-electron chi connectivity index (χ4n) is 1.96. The second kappa shape index (κ2) is 5.63. The number of benzene rings is 2. The lowest BCUT2D eigenvalue weighted by atomic mass is 10.2. The van der Waals surface area contributed by atoms with Crippen molar-refractivity contribution in [2.75, 3.05) is 0 Å². The Labute approximate surface area is 137 Å². The standard InChI is InChI=1S/C14H9Br2N3S/c15-10-6-7-11(16)12(8-10)19-13(17-18-14(19)20)9-4-2-1-3-5-9/h1-8H,(H,18,20). The van der Waals surface area contributed by atoms with Gasteiger partial charge in [0.25, 0.3) is 0 Å². The molecule has 3 nitrogen and oxygen atoms in total. The summed E-state index contributed by atoms with van der Waals surface area (Å²) < 4.78 is 4.41. The van der Waals surface area contributed by atoms with Gasteiger partial charge in [0.1, 0.15) is 0 Å². The van der Waals surface area contributed by atoms with E-state index in [9.17, 15) is 0 Å². The molecule has 0 spiro atoms. The molecule has 1 heterocycles. The largest absolute Gasteiger partial charge is 0.267 e. The first-order valence-corrected chi connectivity index (χ1v) is 7.84. The molecule has 6 heteroatoms. The predicted octanol–water partition coefficient (Wildman–Crippen LogP) is 5.12. The average Bonchev–Trinajstić information content (AvgIpc) is 2.84. The Bertz CT molecular complexity index is 809. The predicted molar refractivity (Wildman–Crippen MR) is 89.6 cm³/mol. The molecule has 0 radical (unpaired) electrons. The van der Waals surface area contributed by atoms with E-state index in [1.807, 2.05) is 53.1 Å². The second-order valence-corrected chi connectivity index (χ2v) is 6.31. The van der Waals surface area contributed by atoms with Crippen LogP contribution in [0.5, 0.6) is 0 Å². The minimum Gasteiger partial charge on any atom is -0.267 e. The molecule has 1 aromatic heterocycles. The number of hydrogen-bond acceptors (Lipinski definition) is 2. The normalized spacial score (nSPS) is 10.7. The highest BCUT2D eigenvalue weighted by Crippen LogP contribution is 2.29. The number of nitrogens with one attached hydrogen (secondary N) is 1. The van der Waals surface area contributed by atoms with Crippen molar-refractivity contribution in [1.29, 1.82) is 0 Å². The average molecular weight is 411 g/mol. The Hall–Kier alpha value is -1.24. The summed E-state index contributed by atoms with van der Waals surface area (Å²) in [7, 11) is 0. The van der Waals surface area contributed by atoms with Crippen molar-refractivity contribution in [1.82, 2.24) is 14.8 Å². The summed E-state index contributed by atoms with van der Waals surface area (Å²) >= 11 is 12.4. The zero-order valence-corrected chi connectivity index (χ0v) is 14.2. The Kier molecular flexibility index (Phi) is 3.87. The molecule has 0 saturated carbocycles. The summed E-state index contributed by atoms with van der Waals surface area (Å²) in [5.41, 5.74) is 1.95.